The highest BCUT2D eigenvalue weighted by Crippen LogP contribution is 2.28. The molecule has 3 N–H and O–H groups in total. The number of nitro groups is 1. The lowest BCUT2D eigenvalue weighted by atomic mass is 10.1. The number of rotatable bonds is 3. The third-order valence-corrected chi connectivity index (χ3v) is 3.37. The zero-order chi connectivity index (χ0) is 15.6. The molecule has 6 nitrogen and oxygen atoms in total. The molecule has 0 radical (unpaired) electrons. The van der Waals surface area contributed by atoms with Crippen molar-refractivity contribution >= 4 is 38.9 Å². The number of para-hydroxylation sites is 1. The van der Waals surface area contributed by atoms with Gasteiger partial charge in [0, 0.05) is 11.8 Å². The van der Waals surface area contributed by atoms with Crippen LogP contribution in [-0.2, 0) is 0 Å². The molecule has 0 aromatic heterocycles. The van der Waals surface area contributed by atoms with Gasteiger partial charge in [-0.2, -0.15) is 0 Å². The average molecular weight is 354 g/mol. The number of amides is 1. The van der Waals surface area contributed by atoms with Crippen molar-refractivity contribution in [3.63, 3.8) is 0 Å². The zero-order valence-electron chi connectivity index (χ0n) is 10.5. The number of carbonyl (C=O) groups excluding carboxylic acids is 1. The summed E-state index contributed by atoms with van der Waals surface area (Å²) in [5, 5.41) is 13.3. The van der Waals surface area contributed by atoms with Gasteiger partial charge < -0.3 is 11.1 Å². The lowest BCUT2D eigenvalue weighted by Gasteiger charge is -2.08. The van der Waals surface area contributed by atoms with Crippen molar-refractivity contribution in [3.8, 4) is 0 Å². The van der Waals surface area contributed by atoms with Crippen molar-refractivity contribution in [2.45, 2.75) is 0 Å². The number of nitro benzene ring substituents is 1. The molecule has 8 heteroatoms. The Morgan fingerprint density at radius 1 is 1.33 bits per heavy atom. The van der Waals surface area contributed by atoms with Crippen LogP contribution in [0.2, 0.25) is 0 Å². The number of nitrogens with two attached hydrogens (primary N) is 1. The molecule has 0 atom stereocenters. The van der Waals surface area contributed by atoms with Crippen molar-refractivity contribution in [1.29, 1.82) is 0 Å². The summed E-state index contributed by atoms with van der Waals surface area (Å²) < 4.78 is 13.6. The molecule has 0 saturated heterocycles. The second-order valence-electron chi connectivity index (χ2n) is 4.08. The van der Waals surface area contributed by atoms with E-state index in [2.05, 4.69) is 21.2 Å². The molecule has 2 aromatic carbocycles. The highest BCUT2D eigenvalue weighted by Gasteiger charge is 2.16. The first kappa shape index (κ1) is 14.9. The van der Waals surface area contributed by atoms with E-state index in [-0.39, 0.29) is 27.1 Å². The maximum atomic E-state index is 13.3. The van der Waals surface area contributed by atoms with Crippen LogP contribution in [0.25, 0.3) is 0 Å². The summed E-state index contributed by atoms with van der Waals surface area (Å²) in [6.45, 7) is 0. The van der Waals surface area contributed by atoms with Crippen LogP contribution < -0.4 is 11.1 Å². The summed E-state index contributed by atoms with van der Waals surface area (Å²) in [4.78, 5) is 22.2. The number of hydrogen-bond donors (Lipinski definition) is 2. The molecule has 21 heavy (non-hydrogen) atoms. The molecule has 0 unspecified atom stereocenters. The van der Waals surface area contributed by atoms with Gasteiger partial charge in [0.15, 0.2) is 0 Å². The van der Waals surface area contributed by atoms with Gasteiger partial charge in [-0.25, -0.2) is 4.39 Å². The first-order valence-electron chi connectivity index (χ1n) is 5.69. The summed E-state index contributed by atoms with van der Waals surface area (Å²) in [5.74, 6) is -1.35. The number of nitrogen functional groups attached to an aromatic ring is 1. The molecule has 0 heterocycles. The van der Waals surface area contributed by atoms with Crippen LogP contribution in [0.15, 0.2) is 40.9 Å². The van der Waals surface area contributed by atoms with E-state index < -0.39 is 16.6 Å². The minimum atomic E-state index is -0.704. The molecule has 0 aliphatic heterocycles. The molecule has 0 aliphatic rings. The Bertz CT molecular complexity index is 737. The molecular weight excluding hydrogens is 345 g/mol. The summed E-state index contributed by atoms with van der Waals surface area (Å²) in [7, 11) is 0. The fourth-order valence-corrected chi connectivity index (χ4v) is 2.06. The number of nitrogens with zero attached hydrogens (tertiary/aromatic N) is 1. The predicted octanol–water partition coefficient (Wildman–Crippen LogP) is 3.33. The number of anilines is 2. The molecular formula is C13H9BrFN3O3. The van der Waals surface area contributed by atoms with Crippen LogP contribution in [0.4, 0.5) is 21.5 Å². The Morgan fingerprint density at radius 3 is 2.71 bits per heavy atom. The van der Waals surface area contributed by atoms with Crippen LogP contribution >= 0.6 is 15.9 Å². The van der Waals surface area contributed by atoms with Gasteiger partial charge in [0.25, 0.3) is 11.6 Å². The zero-order valence-corrected chi connectivity index (χ0v) is 12.1. The van der Waals surface area contributed by atoms with Gasteiger partial charge in [-0.05, 0) is 40.2 Å². The monoisotopic (exact) mass is 353 g/mol. The topological polar surface area (TPSA) is 98.3 Å². The van der Waals surface area contributed by atoms with Crippen molar-refractivity contribution in [2.75, 3.05) is 11.1 Å². The predicted molar refractivity (Wildman–Crippen MR) is 79.6 cm³/mol. The molecule has 0 aliphatic carbocycles. The minimum Gasteiger partial charge on any atom is -0.396 e. The number of hydrogen-bond acceptors (Lipinski definition) is 4. The second-order valence-corrected chi connectivity index (χ2v) is 4.93. The van der Waals surface area contributed by atoms with Gasteiger partial charge in [0.1, 0.15) is 5.82 Å². The first-order valence-corrected chi connectivity index (χ1v) is 6.48. The van der Waals surface area contributed by atoms with Crippen molar-refractivity contribution in [2.24, 2.45) is 0 Å². The Balaban J connectivity index is 2.30. The van der Waals surface area contributed by atoms with Gasteiger partial charge in [0.2, 0.25) is 0 Å². The Kier molecular flexibility index (Phi) is 4.18. The van der Waals surface area contributed by atoms with Crippen molar-refractivity contribution in [1.82, 2.24) is 0 Å². The first-order chi connectivity index (χ1) is 9.90. The van der Waals surface area contributed by atoms with Crippen LogP contribution in [0, 0.1) is 15.9 Å². The fraction of sp³-hybridized carbons (Fsp3) is 0. The van der Waals surface area contributed by atoms with Crippen molar-refractivity contribution < 1.29 is 14.1 Å². The van der Waals surface area contributed by atoms with Gasteiger partial charge >= 0.3 is 0 Å². The summed E-state index contributed by atoms with van der Waals surface area (Å²) in [6.07, 6.45) is 0. The average Bonchev–Trinajstić information content (AvgIpc) is 2.43. The van der Waals surface area contributed by atoms with E-state index in [1.165, 1.54) is 30.3 Å². The smallest absolute Gasteiger partial charge is 0.285 e. The maximum Gasteiger partial charge on any atom is 0.285 e. The van der Waals surface area contributed by atoms with E-state index in [0.717, 1.165) is 6.07 Å². The van der Waals surface area contributed by atoms with E-state index in [1.807, 2.05) is 0 Å². The van der Waals surface area contributed by atoms with Gasteiger partial charge in [-0.15, -0.1) is 0 Å². The molecule has 0 saturated carbocycles. The molecule has 0 fully saturated rings. The van der Waals surface area contributed by atoms with E-state index in [4.69, 9.17) is 5.73 Å². The quantitative estimate of drug-likeness (QED) is 0.502. The summed E-state index contributed by atoms with van der Waals surface area (Å²) in [5.41, 5.74) is 5.18. The van der Waals surface area contributed by atoms with Crippen LogP contribution in [0.5, 0.6) is 0 Å². The largest absolute Gasteiger partial charge is 0.396 e. The number of carbonyl (C=O) groups is 1. The van der Waals surface area contributed by atoms with E-state index in [9.17, 15) is 19.3 Å². The lowest BCUT2D eigenvalue weighted by molar-refractivity contribution is -0.385. The van der Waals surface area contributed by atoms with Crippen LogP contribution in [0.3, 0.4) is 0 Å². The van der Waals surface area contributed by atoms with Gasteiger partial charge in [0.05, 0.1) is 20.6 Å². The summed E-state index contributed by atoms with van der Waals surface area (Å²) in [6, 6.07) is 7.95. The molecule has 1 amide bonds. The Labute approximate surface area is 127 Å². The second kappa shape index (κ2) is 5.88. The van der Waals surface area contributed by atoms with Gasteiger partial charge in [-0.1, -0.05) is 6.07 Å². The standard InChI is InChI=1S/C13H9BrFN3O3/c14-9-5-4-7(6-11(9)18(20)21)17-13(19)8-2-1-3-10(15)12(8)16/h1-6H,16H2,(H,17,19). The highest BCUT2D eigenvalue weighted by molar-refractivity contribution is 9.10. The molecule has 0 bridgehead atoms. The molecule has 2 aromatic rings. The lowest BCUT2D eigenvalue weighted by Crippen LogP contribution is -2.15. The third kappa shape index (κ3) is 3.16. The number of halogens is 2. The minimum absolute atomic E-state index is 0.0411. The highest BCUT2D eigenvalue weighted by atomic mass is 79.9. The Morgan fingerprint density at radius 2 is 2.05 bits per heavy atom. The molecule has 2 rings (SSSR count). The van der Waals surface area contributed by atoms with E-state index >= 15 is 0 Å². The fourth-order valence-electron chi connectivity index (χ4n) is 1.66. The van der Waals surface area contributed by atoms with E-state index in [0.29, 0.717) is 0 Å². The van der Waals surface area contributed by atoms with Crippen molar-refractivity contribution in [3.05, 3.63) is 62.4 Å². The molecule has 0 spiro atoms. The van der Waals surface area contributed by atoms with Gasteiger partial charge in [-0.3, -0.25) is 14.9 Å². The number of benzene rings is 2. The SMILES string of the molecule is Nc1c(F)cccc1C(=O)Nc1ccc(Br)c([N+](=O)[O-])c1. The third-order valence-electron chi connectivity index (χ3n) is 2.70. The molecule has 108 valence electrons. The number of nitrogens with one attached hydrogen (secondary N) is 1. The van der Waals surface area contributed by atoms with E-state index in [1.54, 1.807) is 0 Å². The van der Waals surface area contributed by atoms with Crippen LogP contribution in [0.1, 0.15) is 10.4 Å². The van der Waals surface area contributed by atoms with Crippen LogP contribution in [-0.4, -0.2) is 10.8 Å². The maximum absolute atomic E-state index is 13.3. The Hall–Kier alpha value is -2.48. The summed E-state index contributed by atoms with van der Waals surface area (Å²) >= 11 is 3.04. The normalized spacial score (nSPS) is 10.2.